The third-order valence-electron chi connectivity index (χ3n) is 0.935. The molecule has 0 aliphatic carbocycles. The maximum atomic E-state index is 10.5. The first-order valence-corrected chi connectivity index (χ1v) is 3.87. The minimum absolute atomic E-state index is 0.201. The van der Waals surface area contributed by atoms with Crippen LogP contribution in [-0.4, -0.2) is 18.7 Å². The highest BCUT2D eigenvalue weighted by Gasteiger charge is 2.43. The number of rotatable bonds is 1. The summed E-state index contributed by atoms with van der Waals surface area (Å²) in [6, 6.07) is 0. The third-order valence-corrected chi connectivity index (χ3v) is 1.95. The summed E-state index contributed by atoms with van der Waals surface area (Å²) in [5.74, 6) is -0.421. The lowest BCUT2D eigenvalue weighted by atomic mass is 10.5. The van der Waals surface area contributed by atoms with Crippen molar-refractivity contribution < 1.29 is 13.2 Å². The molecule has 52 valence electrons. The minimum atomic E-state index is -3.33. The zero-order valence-electron chi connectivity index (χ0n) is 4.79. The summed E-state index contributed by atoms with van der Waals surface area (Å²) in [5, 5.41) is 0. The molecule has 6 heteroatoms. The number of nitrogens with zero attached hydrogens (tertiary/aromatic N) is 1. The quantitative estimate of drug-likeness (QED) is 0.486. The summed E-state index contributed by atoms with van der Waals surface area (Å²) in [6.45, 7) is 1.60. The van der Waals surface area contributed by atoms with Crippen LogP contribution in [0.1, 0.15) is 13.3 Å². The highest BCUT2D eigenvalue weighted by Crippen LogP contribution is 2.10. The summed E-state index contributed by atoms with van der Waals surface area (Å²) >= 11 is 0. The summed E-state index contributed by atoms with van der Waals surface area (Å²) in [6.07, 6.45) is 0.201. The Hall–Kier alpha value is -0.620. The van der Waals surface area contributed by atoms with Crippen molar-refractivity contribution in [3.63, 3.8) is 0 Å². The summed E-state index contributed by atoms with van der Waals surface area (Å²) in [5.41, 5.74) is 0. The van der Waals surface area contributed by atoms with Crippen LogP contribution in [0.5, 0.6) is 0 Å². The molecule has 0 spiro atoms. The summed E-state index contributed by atoms with van der Waals surface area (Å²) in [4.78, 5) is 12.4. The number of amides is 1. The van der Waals surface area contributed by atoms with E-state index in [9.17, 15) is 13.2 Å². The molecule has 0 radical (unpaired) electrons. The molecule has 0 atom stereocenters. The predicted octanol–water partition coefficient (Wildman–Crippen LogP) is -1.01. The van der Waals surface area contributed by atoms with Crippen LogP contribution in [0.4, 0.5) is 0 Å². The van der Waals surface area contributed by atoms with Crippen LogP contribution < -0.4 is 4.83 Å². The second kappa shape index (κ2) is 1.68. The van der Waals surface area contributed by atoms with Gasteiger partial charge in [-0.2, -0.15) is 8.42 Å². The summed E-state index contributed by atoms with van der Waals surface area (Å²) in [7, 11) is -3.33. The Morgan fingerprint density at radius 1 is 1.67 bits per heavy atom. The lowest BCUT2D eigenvalue weighted by Gasteiger charge is -1.85. The Morgan fingerprint density at radius 3 is 2.22 bits per heavy atom. The third kappa shape index (κ3) is 1.03. The maximum Gasteiger partial charge on any atom is 0.336 e. The molecule has 0 unspecified atom stereocenters. The van der Waals surface area contributed by atoms with Crippen LogP contribution in [0.25, 0.3) is 0 Å². The molecule has 1 aliphatic heterocycles. The van der Waals surface area contributed by atoms with Gasteiger partial charge in [0.25, 0.3) is 5.91 Å². The molecule has 0 aromatic rings. The van der Waals surface area contributed by atoms with Crippen molar-refractivity contribution >= 4 is 16.1 Å². The van der Waals surface area contributed by atoms with Crippen molar-refractivity contribution in [1.82, 2.24) is 9.25 Å². The van der Waals surface area contributed by atoms with Crippen molar-refractivity contribution in [2.24, 2.45) is 0 Å². The summed E-state index contributed by atoms with van der Waals surface area (Å²) < 4.78 is 21.2. The average molecular weight is 150 g/mol. The molecule has 1 N–H and O–H groups in total. The van der Waals surface area contributed by atoms with Gasteiger partial charge >= 0.3 is 10.2 Å². The highest BCUT2D eigenvalue weighted by atomic mass is 32.2. The molecule has 1 fully saturated rings. The van der Waals surface area contributed by atoms with Crippen LogP contribution >= 0.6 is 0 Å². The Morgan fingerprint density at radius 2 is 2.11 bits per heavy atom. The SMILES string of the molecule is CCC(=O)N1NS1(=O)=O. The van der Waals surface area contributed by atoms with Gasteiger partial charge in [-0.1, -0.05) is 11.8 Å². The van der Waals surface area contributed by atoms with E-state index < -0.39 is 16.1 Å². The van der Waals surface area contributed by atoms with Crippen LogP contribution in [0.2, 0.25) is 0 Å². The molecule has 0 aromatic carbocycles. The van der Waals surface area contributed by atoms with Gasteiger partial charge in [-0.25, -0.2) is 0 Å². The minimum Gasteiger partial charge on any atom is -0.272 e. The molecule has 1 heterocycles. The van der Waals surface area contributed by atoms with Crippen molar-refractivity contribution in [3.8, 4) is 0 Å². The normalized spacial score (nSPS) is 21.7. The van der Waals surface area contributed by atoms with E-state index >= 15 is 0 Å². The van der Waals surface area contributed by atoms with Crippen molar-refractivity contribution in [1.29, 1.82) is 0 Å². The van der Waals surface area contributed by atoms with Gasteiger partial charge in [-0.15, -0.1) is 4.41 Å². The van der Waals surface area contributed by atoms with Gasteiger partial charge in [0.2, 0.25) is 0 Å². The zero-order chi connectivity index (χ0) is 7.07. The van der Waals surface area contributed by atoms with E-state index in [-0.39, 0.29) is 6.42 Å². The molecule has 0 aromatic heterocycles. The van der Waals surface area contributed by atoms with Gasteiger partial charge in [-0.3, -0.25) is 4.79 Å². The molecular formula is C3H6N2O3S. The van der Waals surface area contributed by atoms with Gasteiger partial charge in [0, 0.05) is 6.42 Å². The number of hydrogen-bond donors (Lipinski definition) is 1. The van der Waals surface area contributed by atoms with Gasteiger partial charge in [-0.05, 0) is 0 Å². The maximum absolute atomic E-state index is 10.5. The largest absolute Gasteiger partial charge is 0.336 e. The second-order valence-electron chi connectivity index (χ2n) is 1.61. The Bertz CT molecular complexity index is 231. The Balaban J connectivity index is 2.63. The molecule has 0 bridgehead atoms. The lowest BCUT2D eigenvalue weighted by Crippen LogP contribution is -2.11. The lowest BCUT2D eigenvalue weighted by molar-refractivity contribution is -0.124. The standard InChI is InChI=1S/C3H6N2O3S/c1-2-3(6)5-4-9(5,7)8/h4H,2H2,1H3. The zero-order valence-corrected chi connectivity index (χ0v) is 5.60. The number of hydrazine groups is 1. The molecule has 9 heavy (non-hydrogen) atoms. The van der Waals surface area contributed by atoms with E-state index in [2.05, 4.69) is 0 Å². The second-order valence-corrected chi connectivity index (χ2v) is 3.11. The van der Waals surface area contributed by atoms with Crippen LogP contribution in [0, 0.1) is 0 Å². The average Bonchev–Trinajstić information content (AvgIpc) is 2.38. The Kier molecular flexibility index (Phi) is 1.21. The number of nitrogens with one attached hydrogen (secondary N) is 1. The van der Waals surface area contributed by atoms with E-state index in [1.807, 2.05) is 4.83 Å². The van der Waals surface area contributed by atoms with E-state index in [0.29, 0.717) is 4.41 Å². The fourth-order valence-electron chi connectivity index (χ4n) is 0.417. The Labute approximate surface area is 52.8 Å². The fraction of sp³-hybridized carbons (Fsp3) is 0.667. The molecule has 1 saturated heterocycles. The van der Waals surface area contributed by atoms with Gasteiger partial charge in [0.05, 0.1) is 0 Å². The van der Waals surface area contributed by atoms with Crippen molar-refractivity contribution in [2.45, 2.75) is 13.3 Å². The molecule has 1 aliphatic rings. The highest BCUT2D eigenvalue weighted by molar-refractivity contribution is 7.93. The van der Waals surface area contributed by atoms with Crippen LogP contribution in [0.3, 0.4) is 0 Å². The monoisotopic (exact) mass is 150 g/mol. The topological polar surface area (TPSA) is 76.2 Å². The smallest absolute Gasteiger partial charge is 0.272 e. The van der Waals surface area contributed by atoms with E-state index in [4.69, 9.17) is 0 Å². The first kappa shape index (κ1) is 6.50. The number of carbonyl (C=O) groups is 1. The van der Waals surface area contributed by atoms with Gasteiger partial charge in [0.15, 0.2) is 0 Å². The van der Waals surface area contributed by atoms with E-state index in [1.165, 1.54) is 0 Å². The van der Waals surface area contributed by atoms with Crippen molar-refractivity contribution in [2.75, 3.05) is 0 Å². The molecule has 1 rings (SSSR count). The van der Waals surface area contributed by atoms with Crippen LogP contribution in [-0.2, 0) is 15.0 Å². The van der Waals surface area contributed by atoms with E-state index in [1.54, 1.807) is 6.92 Å². The predicted molar refractivity (Wildman–Crippen MR) is 29.2 cm³/mol. The molecule has 0 saturated carbocycles. The van der Waals surface area contributed by atoms with Gasteiger partial charge < -0.3 is 0 Å². The fourth-order valence-corrected chi connectivity index (χ4v) is 1.27. The molecule has 5 nitrogen and oxygen atoms in total. The number of hydrogen-bond acceptors (Lipinski definition) is 3. The first-order chi connectivity index (χ1) is 4.08. The molecular weight excluding hydrogens is 144 g/mol. The van der Waals surface area contributed by atoms with E-state index in [0.717, 1.165) is 0 Å². The molecule has 1 amide bonds. The first-order valence-electron chi connectivity index (χ1n) is 2.43. The van der Waals surface area contributed by atoms with Crippen molar-refractivity contribution in [3.05, 3.63) is 0 Å². The van der Waals surface area contributed by atoms with Gasteiger partial charge in [0.1, 0.15) is 0 Å². The number of carbonyl (C=O) groups excluding carboxylic acids is 1. The van der Waals surface area contributed by atoms with Crippen LogP contribution in [0.15, 0.2) is 0 Å².